The van der Waals surface area contributed by atoms with Crippen molar-refractivity contribution in [3.63, 3.8) is 0 Å². The van der Waals surface area contributed by atoms with Crippen molar-refractivity contribution in [2.45, 2.75) is 38.6 Å². The average molecular weight is 262 g/mol. The fraction of sp³-hybridized carbons (Fsp3) is 0.533. The number of carbonyl (C=O) groups excluding carboxylic acids is 1. The highest BCUT2D eigenvalue weighted by Gasteiger charge is 2.20. The Morgan fingerprint density at radius 3 is 2.79 bits per heavy atom. The highest BCUT2D eigenvalue weighted by Crippen LogP contribution is 2.17. The molecule has 19 heavy (non-hydrogen) atoms. The van der Waals surface area contributed by atoms with E-state index in [9.17, 15) is 4.79 Å². The van der Waals surface area contributed by atoms with E-state index in [1.165, 1.54) is 0 Å². The average Bonchev–Trinajstić information content (AvgIpc) is 2.47. The maximum Gasteiger partial charge on any atom is 0.241 e. The van der Waals surface area contributed by atoms with Gasteiger partial charge in [0.2, 0.25) is 5.91 Å². The molecule has 2 rings (SSSR count). The number of hydrogen-bond donors (Lipinski definition) is 2. The molecule has 1 saturated heterocycles. The summed E-state index contributed by atoms with van der Waals surface area (Å²) in [5.74, 6) is 0.901. The first-order valence-electron chi connectivity index (χ1n) is 7.06. The molecule has 1 aliphatic rings. The van der Waals surface area contributed by atoms with Crippen molar-refractivity contribution in [1.82, 2.24) is 5.32 Å². The molecular weight excluding hydrogens is 240 g/mol. The molecule has 0 radical (unpaired) electrons. The molecule has 0 saturated carbocycles. The van der Waals surface area contributed by atoms with E-state index in [4.69, 9.17) is 4.74 Å². The monoisotopic (exact) mass is 262 g/mol. The minimum Gasteiger partial charge on any atom is -0.494 e. The van der Waals surface area contributed by atoms with Crippen LogP contribution in [-0.2, 0) is 4.79 Å². The molecule has 1 aromatic rings. The van der Waals surface area contributed by atoms with Gasteiger partial charge in [-0.2, -0.15) is 0 Å². The summed E-state index contributed by atoms with van der Waals surface area (Å²) in [5, 5.41) is 6.18. The zero-order valence-electron chi connectivity index (χ0n) is 11.4. The van der Waals surface area contributed by atoms with Crippen molar-refractivity contribution in [3.05, 3.63) is 24.3 Å². The molecule has 1 amide bonds. The minimum absolute atomic E-state index is 0.0511. The summed E-state index contributed by atoms with van der Waals surface area (Å²) in [6.07, 6.45) is 4.19. The number of anilines is 1. The van der Waals surface area contributed by atoms with Gasteiger partial charge in [-0.25, -0.2) is 0 Å². The van der Waals surface area contributed by atoms with E-state index < -0.39 is 0 Å². The second kappa shape index (κ2) is 7.14. The van der Waals surface area contributed by atoms with Crippen LogP contribution in [0.5, 0.6) is 5.75 Å². The van der Waals surface area contributed by atoms with Gasteiger partial charge in [0.1, 0.15) is 5.75 Å². The Bertz CT molecular complexity index is 397. The van der Waals surface area contributed by atoms with Crippen LogP contribution in [0.25, 0.3) is 0 Å². The highest BCUT2D eigenvalue weighted by molar-refractivity contribution is 5.94. The Labute approximate surface area is 114 Å². The Kier molecular flexibility index (Phi) is 5.21. The molecule has 0 bridgehead atoms. The summed E-state index contributed by atoms with van der Waals surface area (Å²) in [6.45, 7) is 3.73. The Morgan fingerprint density at radius 1 is 1.37 bits per heavy atom. The maximum absolute atomic E-state index is 12.0. The lowest BCUT2D eigenvalue weighted by atomic mass is 10.0. The fourth-order valence-corrected chi connectivity index (χ4v) is 2.16. The summed E-state index contributed by atoms with van der Waals surface area (Å²) < 4.78 is 5.51. The fourth-order valence-electron chi connectivity index (χ4n) is 2.16. The lowest BCUT2D eigenvalue weighted by Crippen LogP contribution is -2.43. The summed E-state index contributed by atoms with van der Waals surface area (Å²) in [6, 6.07) is 7.49. The standard InChI is InChI=1S/C15H22N2O2/c1-2-11-19-13-8-6-12(7-9-13)17-15(18)14-5-3-4-10-16-14/h6-9,14,16H,2-5,10-11H2,1H3,(H,17,18)/t14-/m0/s1. The Morgan fingerprint density at radius 2 is 2.16 bits per heavy atom. The molecule has 1 aliphatic heterocycles. The third-order valence-corrected chi connectivity index (χ3v) is 3.22. The normalized spacial score (nSPS) is 18.9. The Balaban J connectivity index is 1.86. The van der Waals surface area contributed by atoms with Gasteiger partial charge in [0.05, 0.1) is 12.6 Å². The third-order valence-electron chi connectivity index (χ3n) is 3.22. The molecule has 1 aromatic carbocycles. The van der Waals surface area contributed by atoms with Crippen molar-refractivity contribution < 1.29 is 9.53 Å². The predicted molar refractivity (Wildman–Crippen MR) is 76.5 cm³/mol. The van der Waals surface area contributed by atoms with Crippen LogP contribution in [0.1, 0.15) is 32.6 Å². The molecule has 0 aromatic heterocycles. The number of amides is 1. The van der Waals surface area contributed by atoms with Gasteiger partial charge in [-0.15, -0.1) is 0 Å². The molecular formula is C15H22N2O2. The van der Waals surface area contributed by atoms with Gasteiger partial charge in [-0.1, -0.05) is 13.3 Å². The van der Waals surface area contributed by atoms with Gasteiger partial charge >= 0.3 is 0 Å². The van der Waals surface area contributed by atoms with E-state index in [1.807, 2.05) is 24.3 Å². The van der Waals surface area contributed by atoms with Crippen LogP contribution in [0, 0.1) is 0 Å². The van der Waals surface area contributed by atoms with Gasteiger partial charge in [-0.3, -0.25) is 4.79 Å². The molecule has 4 heteroatoms. The maximum atomic E-state index is 12.0. The minimum atomic E-state index is -0.0511. The second-order valence-corrected chi connectivity index (χ2v) is 4.86. The van der Waals surface area contributed by atoms with E-state index in [-0.39, 0.29) is 11.9 Å². The molecule has 0 aliphatic carbocycles. The van der Waals surface area contributed by atoms with Gasteiger partial charge in [0.15, 0.2) is 0 Å². The second-order valence-electron chi connectivity index (χ2n) is 4.86. The first-order chi connectivity index (χ1) is 9.29. The Hall–Kier alpha value is -1.55. The summed E-state index contributed by atoms with van der Waals surface area (Å²) in [7, 11) is 0. The predicted octanol–water partition coefficient (Wildman–Crippen LogP) is 2.56. The van der Waals surface area contributed by atoms with E-state index in [0.717, 1.165) is 50.3 Å². The summed E-state index contributed by atoms with van der Waals surface area (Å²) in [5.41, 5.74) is 0.821. The third kappa shape index (κ3) is 4.24. The largest absolute Gasteiger partial charge is 0.494 e. The van der Waals surface area contributed by atoms with Gasteiger partial charge in [0, 0.05) is 5.69 Å². The molecule has 1 fully saturated rings. The van der Waals surface area contributed by atoms with E-state index in [1.54, 1.807) is 0 Å². The quantitative estimate of drug-likeness (QED) is 0.857. The van der Waals surface area contributed by atoms with Crippen molar-refractivity contribution >= 4 is 11.6 Å². The van der Waals surface area contributed by atoms with Crippen LogP contribution in [0.4, 0.5) is 5.69 Å². The molecule has 1 heterocycles. The van der Waals surface area contributed by atoms with Crippen LogP contribution >= 0.6 is 0 Å². The van der Waals surface area contributed by atoms with Crippen LogP contribution < -0.4 is 15.4 Å². The van der Waals surface area contributed by atoms with Crippen molar-refractivity contribution in [3.8, 4) is 5.75 Å². The first-order valence-corrected chi connectivity index (χ1v) is 7.06. The van der Waals surface area contributed by atoms with Crippen molar-refractivity contribution in [1.29, 1.82) is 0 Å². The number of benzene rings is 1. The number of carbonyl (C=O) groups is 1. The van der Waals surface area contributed by atoms with Gasteiger partial charge < -0.3 is 15.4 Å². The van der Waals surface area contributed by atoms with Crippen LogP contribution in [-0.4, -0.2) is 25.1 Å². The molecule has 0 spiro atoms. The van der Waals surface area contributed by atoms with E-state index in [0.29, 0.717) is 0 Å². The first kappa shape index (κ1) is 13.9. The van der Waals surface area contributed by atoms with Crippen molar-refractivity contribution in [2.24, 2.45) is 0 Å². The van der Waals surface area contributed by atoms with E-state index in [2.05, 4.69) is 17.6 Å². The molecule has 104 valence electrons. The zero-order chi connectivity index (χ0) is 13.5. The van der Waals surface area contributed by atoms with Crippen LogP contribution in [0.15, 0.2) is 24.3 Å². The van der Waals surface area contributed by atoms with Gasteiger partial charge in [-0.05, 0) is 50.1 Å². The van der Waals surface area contributed by atoms with Crippen LogP contribution in [0.2, 0.25) is 0 Å². The van der Waals surface area contributed by atoms with E-state index >= 15 is 0 Å². The molecule has 0 unspecified atom stereocenters. The summed E-state index contributed by atoms with van der Waals surface area (Å²) >= 11 is 0. The number of piperidine rings is 1. The lowest BCUT2D eigenvalue weighted by Gasteiger charge is -2.22. The number of ether oxygens (including phenoxy) is 1. The summed E-state index contributed by atoms with van der Waals surface area (Å²) in [4.78, 5) is 12.0. The smallest absolute Gasteiger partial charge is 0.241 e. The van der Waals surface area contributed by atoms with Gasteiger partial charge in [0.25, 0.3) is 0 Å². The molecule has 4 nitrogen and oxygen atoms in total. The number of nitrogens with one attached hydrogen (secondary N) is 2. The SMILES string of the molecule is CCCOc1ccc(NC(=O)[C@@H]2CCCCN2)cc1. The number of hydrogen-bond acceptors (Lipinski definition) is 3. The molecule has 1 atom stereocenters. The number of rotatable bonds is 5. The highest BCUT2D eigenvalue weighted by atomic mass is 16.5. The van der Waals surface area contributed by atoms with Crippen LogP contribution in [0.3, 0.4) is 0 Å². The lowest BCUT2D eigenvalue weighted by molar-refractivity contribution is -0.118. The topological polar surface area (TPSA) is 50.4 Å². The van der Waals surface area contributed by atoms with Crippen molar-refractivity contribution in [2.75, 3.05) is 18.5 Å². The zero-order valence-corrected chi connectivity index (χ0v) is 11.4. The molecule has 2 N–H and O–H groups in total.